The van der Waals surface area contributed by atoms with Crippen LogP contribution in [0.25, 0.3) is 0 Å². The Hall–Kier alpha value is -2.81. The number of halogens is 1. The fraction of sp³-hybridized carbons (Fsp3) is 0.350. The van der Waals surface area contributed by atoms with Crippen molar-refractivity contribution in [3.05, 3.63) is 44.7 Å². The molecule has 0 bridgehead atoms. The summed E-state index contributed by atoms with van der Waals surface area (Å²) in [7, 11) is 4.17. The molecule has 0 aliphatic heterocycles. The fourth-order valence-electron chi connectivity index (χ4n) is 2.88. The van der Waals surface area contributed by atoms with Crippen LogP contribution < -0.4 is 9.47 Å². The average Bonchev–Trinajstić information content (AvgIpc) is 3.00. The smallest absolute Gasteiger partial charge is 0.339 e. The number of hydrogen-bond donors (Lipinski definition) is 1. The van der Waals surface area contributed by atoms with Crippen LogP contribution in [0.4, 0.5) is 0 Å². The van der Waals surface area contributed by atoms with Crippen LogP contribution in [0.3, 0.4) is 0 Å². The number of methoxy groups -OCH3 is 3. The van der Waals surface area contributed by atoms with Gasteiger partial charge in [0, 0.05) is 5.69 Å². The zero-order chi connectivity index (χ0) is 21.9. The number of aryl methyl sites for hydroxylation is 1. The Bertz CT molecular complexity index is 939. The van der Waals surface area contributed by atoms with Gasteiger partial charge in [0.25, 0.3) is 0 Å². The van der Waals surface area contributed by atoms with Gasteiger partial charge in [-0.15, -0.1) is 0 Å². The second-order valence-electron chi connectivity index (χ2n) is 6.22. The molecule has 1 N–H and O–H groups in total. The van der Waals surface area contributed by atoms with E-state index in [1.165, 1.54) is 40.4 Å². The molecule has 9 heteroatoms. The van der Waals surface area contributed by atoms with E-state index in [0.717, 1.165) is 0 Å². The number of aromatic amines is 1. The summed E-state index contributed by atoms with van der Waals surface area (Å²) >= 11 is 3.33. The number of ketones is 1. The number of Topliss-reactive ketones (excluding diaryl/α,β-unsaturated/α-hetero) is 1. The number of carbonyl (C=O) groups is 3. The minimum atomic E-state index is -1.09. The molecule has 0 aliphatic carbocycles. The molecule has 0 saturated carbocycles. The largest absolute Gasteiger partial charge is 0.495 e. The Morgan fingerprint density at radius 3 is 2.03 bits per heavy atom. The topological polar surface area (TPSA) is 104 Å². The van der Waals surface area contributed by atoms with Gasteiger partial charge in [-0.2, -0.15) is 0 Å². The van der Waals surface area contributed by atoms with Crippen LogP contribution in [0.15, 0.2) is 16.6 Å². The van der Waals surface area contributed by atoms with Gasteiger partial charge in [-0.05, 0) is 54.4 Å². The van der Waals surface area contributed by atoms with Gasteiger partial charge in [0.05, 0.1) is 38.2 Å². The Kier molecular flexibility index (Phi) is 7.07. The van der Waals surface area contributed by atoms with Crippen molar-refractivity contribution in [1.29, 1.82) is 0 Å². The van der Waals surface area contributed by atoms with Gasteiger partial charge in [0.15, 0.2) is 6.10 Å². The summed E-state index contributed by atoms with van der Waals surface area (Å²) < 4.78 is 21.1. The molecule has 0 amide bonds. The lowest BCUT2D eigenvalue weighted by Gasteiger charge is -2.14. The van der Waals surface area contributed by atoms with E-state index in [0.29, 0.717) is 27.2 Å². The second kappa shape index (κ2) is 9.13. The molecular weight excluding hydrogens is 446 g/mol. The first-order valence-electron chi connectivity index (χ1n) is 8.60. The van der Waals surface area contributed by atoms with Crippen molar-refractivity contribution < 1.29 is 33.3 Å². The van der Waals surface area contributed by atoms with Gasteiger partial charge in [-0.3, -0.25) is 4.79 Å². The number of ether oxygens (including phenoxy) is 4. The summed E-state index contributed by atoms with van der Waals surface area (Å²) in [5.74, 6) is -0.967. The number of H-pyrrole nitrogens is 1. The number of hydrogen-bond acceptors (Lipinski definition) is 7. The molecule has 1 heterocycles. The lowest BCUT2D eigenvalue weighted by molar-refractivity contribution is 0.0316. The van der Waals surface area contributed by atoms with Gasteiger partial charge in [-0.1, -0.05) is 0 Å². The fourth-order valence-corrected chi connectivity index (χ4v) is 3.43. The van der Waals surface area contributed by atoms with Crippen LogP contribution in [0, 0.1) is 13.8 Å². The SMILES string of the molecule is COC(=O)c1c(C)[nH]c(C(=O)C(C)OC(=O)c2cc(OC)c(Br)c(OC)c2)c1C. The molecule has 8 nitrogen and oxygen atoms in total. The van der Waals surface area contributed by atoms with Crippen molar-refractivity contribution in [2.45, 2.75) is 26.9 Å². The zero-order valence-corrected chi connectivity index (χ0v) is 18.6. The maximum absolute atomic E-state index is 12.8. The Balaban J connectivity index is 2.27. The van der Waals surface area contributed by atoms with Crippen LogP contribution in [-0.4, -0.2) is 50.1 Å². The Morgan fingerprint density at radius 1 is 1.00 bits per heavy atom. The highest BCUT2D eigenvalue weighted by Crippen LogP contribution is 2.36. The highest BCUT2D eigenvalue weighted by atomic mass is 79.9. The van der Waals surface area contributed by atoms with Gasteiger partial charge in [-0.25, -0.2) is 9.59 Å². The van der Waals surface area contributed by atoms with Crippen molar-refractivity contribution in [1.82, 2.24) is 4.98 Å². The minimum Gasteiger partial charge on any atom is -0.495 e. The third-order valence-electron chi connectivity index (χ3n) is 4.41. The third-order valence-corrected chi connectivity index (χ3v) is 5.19. The van der Waals surface area contributed by atoms with E-state index in [1.54, 1.807) is 13.8 Å². The highest BCUT2D eigenvalue weighted by Gasteiger charge is 2.28. The van der Waals surface area contributed by atoms with Gasteiger partial charge >= 0.3 is 11.9 Å². The number of nitrogens with one attached hydrogen (secondary N) is 1. The monoisotopic (exact) mass is 467 g/mol. The average molecular weight is 468 g/mol. The molecule has 29 heavy (non-hydrogen) atoms. The molecule has 0 spiro atoms. The molecular formula is C20H22BrNO7. The van der Waals surface area contributed by atoms with Gasteiger partial charge in [0.1, 0.15) is 16.0 Å². The molecule has 0 radical (unpaired) electrons. The van der Waals surface area contributed by atoms with Crippen LogP contribution in [0.2, 0.25) is 0 Å². The van der Waals surface area contributed by atoms with Gasteiger partial charge in [0.2, 0.25) is 5.78 Å². The highest BCUT2D eigenvalue weighted by molar-refractivity contribution is 9.10. The number of rotatable bonds is 7. The standard InChI is InChI=1S/C20H22BrNO7/c1-9-15(20(25)28-6)10(2)22-17(9)18(23)11(3)29-19(24)12-7-13(26-4)16(21)14(8-12)27-5/h7-8,11,22H,1-6H3. The minimum absolute atomic E-state index is 0.163. The van der Waals surface area contributed by atoms with Crippen LogP contribution in [0.1, 0.15) is 49.4 Å². The van der Waals surface area contributed by atoms with Crippen molar-refractivity contribution in [2.75, 3.05) is 21.3 Å². The summed E-state index contributed by atoms with van der Waals surface area (Å²) in [4.78, 5) is 40.1. The second-order valence-corrected chi connectivity index (χ2v) is 7.02. The quantitative estimate of drug-likeness (QED) is 0.489. The third kappa shape index (κ3) is 4.45. The van der Waals surface area contributed by atoms with E-state index in [2.05, 4.69) is 20.9 Å². The van der Waals surface area contributed by atoms with Crippen LogP contribution in [0.5, 0.6) is 11.5 Å². The molecule has 1 aromatic heterocycles. The Morgan fingerprint density at radius 2 is 1.55 bits per heavy atom. The number of esters is 2. The normalized spacial score (nSPS) is 11.6. The van der Waals surface area contributed by atoms with E-state index in [1.807, 2.05) is 0 Å². The molecule has 1 atom stereocenters. The number of benzene rings is 1. The molecule has 156 valence electrons. The number of carbonyl (C=O) groups excluding carboxylic acids is 3. The van der Waals surface area contributed by atoms with Crippen molar-refractivity contribution in [3.63, 3.8) is 0 Å². The molecule has 1 unspecified atom stereocenters. The summed E-state index contributed by atoms with van der Waals surface area (Å²) in [5, 5.41) is 0. The molecule has 0 aliphatic rings. The summed E-state index contributed by atoms with van der Waals surface area (Å²) in [6, 6.07) is 2.96. The summed E-state index contributed by atoms with van der Waals surface area (Å²) in [6.07, 6.45) is -1.09. The molecule has 2 aromatic rings. The maximum atomic E-state index is 12.8. The van der Waals surface area contributed by atoms with Crippen molar-refractivity contribution in [3.8, 4) is 11.5 Å². The zero-order valence-electron chi connectivity index (χ0n) is 17.0. The molecule has 0 saturated heterocycles. The first-order valence-corrected chi connectivity index (χ1v) is 9.39. The Labute approximate surface area is 176 Å². The van der Waals surface area contributed by atoms with Crippen molar-refractivity contribution >= 4 is 33.7 Å². The van der Waals surface area contributed by atoms with E-state index >= 15 is 0 Å². The lowest BCUT2D eigenvalue weighted by Crippen LogP contribution is -2.25. The maximum Gasteiger partial charge on any atom is 0.339 e. The summed E-state index contributed by atoms with van der Waals surface area (Å²) in [6.45, 7) is 4.75. The van der Waals surface area contributed by atoms with E-state index in [9.17, 15) is 14.4 Å². The predicted octanol–water partition coefficient (Wildman–Crippen LogP) is 3.63. The van der Waals surface area contributed by atoms with E-state index in [4.69, 9.17) is 18.9 Å². The molecule has 1 aromatic carbocycles. The van der Waals surface area contributed by atoms with E-state index < -0.39 is 23.8 Å². The molecule has 0 fully saturated rings. The van der Waals surface area contributed by atoms with Crippen LogP contribution >= 0.6 is 15.9 Å². The predicted molar refractivity (Wildman–Crippen MR) is 108 cm³/mol. The summed E-state index contributed by atoms with van der Waals surface area (Å²) in [5.41, 5.74) is 1.58. The lowest BCUT2D eigenvalue weighted by atomic mass is 10.1. The van der Waals surface area contributed by atoms with Crippen LogP contribution in [-0.2, 0) is 9.47 Å². The van der Waals surface area contributed by atoms with Gasteiger partial charge < -0.3 is 23.9 Å². The van der Waals surface area contributed by atoms with Crippen molar-refractivity contribution in [2.24, 2.45) is 0 Å². The first kappa shape index (κ1) is 22.5. The first-order chi connectivity index (χ1) is 13.7. The van der Waals surface area contributed by atoms with E-state index in [-0.39, 0.29) is 16.8 Å². The molecule has 2 rings (SSSR count). The number of aromatic nitrogens is 1.